The van der Waals surface area contributed by atoms with E-state index in [0.717, 1.165) is 5.56 Å². The van der Waals surface area contributed by atoms with E-state index in [4.69, 9.17) is 4.74 Å². The van der Waals surface area contributed by atoms with Gasteiger partial charge < -0.3 is 10.1 Å². The van der Waals surface area contributed by atoms with Crippen molar-refractivity contribution in [1.82, 2.24) is 15.3 Å². The summed E-state index contributed by atoms with van der Waals surface area (Å²) in [4.78, 5) is 19.8. The van der Waals surface area contributed by atoms with Gasteiger partial charge in [0.05, 0.1) is 6.61 Å². The molecule has 0 amide bonds. The third-order valence-corrected chi connectivity index (χ3v) is 3.02. The smallest absolute Gasteiger partial charge is 0.323 e. The number of nitrogens with one attached hydrogen (secondary N) is 1. The van der Waals surface area contributed by atoms with Crippen LogP contribution in [0, 0.1) is 6.92 Å². The minimum atomic E-state index is -0.329. The number of likely N-dealkylation sites (N-methyl/N-ethyl adjacent to an activating group) is 1. The van der Waals surface area contributed by atoms with Gasteiger partial charge in [0, 0.05) is 18.1 Å². The molecule has 1 heterocycles. The number of hydrogen-bond donors (Lipinski definition) is 1. The van der Waals surface area contributed by atoms with Gasteiger partial charge in [0.15, 0.2) is 5.16 Å². The first-order valence-corrected chi connectivity index (χ1v) is 6.41. The van der Waals surface area contributed by atoms with E-state index in [1.807, 2.05) is 6.92 Å². The van der Waals surface area contributed by atoms with Crippen molar-refractivity contribution in [2.24, 2.45) is 0 Å². The molecule has 0 aromatic carbocycles. The second-order valence-electron chi connectivity index (χ2n) is 3.45. The van der Waals surface area contributed by atoms with Crippen molar-refractivity contribution in [2.45, 2.75) is 25.0 Å². The van der Waals surface area contributed by atoms with Gasteiger partial charge in [-0.15, -0.1) is 0 Å². The number of nitrogens with zero attached hydrogens (tertiary/aromatic N) is 2. The number of aryl methyl sites for hydroxylation is 1. The highest BCUT2D eigenvalue weighted by Gasteiger charge is 2.18. The Hall–Kier alpha value is -1.14. The van der Waals surface area contributed by atoms with Gasteiger partial charge in [-0.1, -0.05) is 11.8 Å². The van der Waals surface area contributed by atoms with Gasteiger partial charge in [-0.05, 0) is 26.5 Å². The van der Waals surface area contributed by atoms with Gasteiger partial charge in [0.25, 0.3) is 0 Å². The van der Waals surface area contributed by atoms with Crippen molar-refractivity contribution in [3.63, 3.8) is 0 Å². The average molecular weight is 255 g/mol. The van der Waals surface area contributed by atoms with Crippen LogP contribution >= 0.6 is 11.8 Å². The second kappa shape index (κ2) is 7.24. The van der Waals surface area contributed by atoms with Gasteiger partial charge in [-0.25, -0.2) is 9.97 Å². The normalized spacial score (nSPS) is 12.2. The third-order valence-electron chi connectivity index (χ3n) is 2.06. The fourth-order valence-electron chi connectivity index (χ4n) is 1.13. The van der Waals surface area contributed by atoms with Crippen LogP contribution in [0.1, 0.15) is 12.5 Å². The fraction of sp³-hybridized carbons (Fsp3) is 0.545. The summed E-state index contributed by atoms with van der Waals surface area (Å²) in [5.41, 5.74) is 1.02. The summed E-state index contributed by atoms with van der Waals surface area (Å²) in [5, 5.41) is 3.58. The zero-order chi connectivity index (χ0) is 12.7. The van der Waals surface area contributed by atoms with Gasteiger partial charge >= 0.3 is 5.97 Å². The monoisotopic (exact) mass is 255 g/mol. The molecule has 5 nitrogen and oxygen atoms in total. The summed E-state index contributed by atoms with van der Waals surface area (Å²) in [7, 11) is 1.73. The number of ether oxygens (including phenoxy) is 1. The maximum absolute atomic E-state index is 11.5. The van der Waals surface area contributed by atoms with Crippen LogP contribution in [0.15, 0.2) is 17.6 Å². The molecule has 0 aliphatic rings. The second-order valence-corrected chi connectivity index (χ2v) is 4.43. The van der Waals surface area contributed by atoms with Gasteiger partial charge in [-0.2, -0.15) is 0 Å². The zero-order valence-corrected chi connectivity index (χ0v) is 11.1. The number of thioether (sulfide) groups is 1. The first-order valence-electron chi connectivity index (χ1n) is 5.42. The molecule has 94 valence electrons. The van der Waals surface area contributed by atoms with Crippen LogP contribution < -0.4 is 5.32 Å². The lowest BCUT2D eigenvalue weighted by Gasteiger charge is -2.13. The largest absolute Gasteiger partial charge is 0.465 e. The van der Waals surface area contributed by atoms with E-state index in [0.29, 0.717) is 17.5 Å². The highest BCUT2D eigenvalue weighted by Crippen LogP contribution is 2.13. The molecule has 17 heavy (non-hydrogen) atoms. The molecule has 1 atom stereocenters. The zero-order valence-electron chi connectivity index (χ0n) is 10.3. The Kier molecular flexibility index (Phi) is 5.93. The molecule has 0 spiro atoms. The van der Waals surface area contributed by atoms with Gasteiger partial charge in [0.2, 0.25) is 0 Å². The quantitative estimate of drug-likeness (QED) is 0.465. The predicted octanol–water partition coefficient (Wildman–Crippen LogP) is 1.03. The minimum absolute atomic E-state index is 0.241. The summed E-state index contributed by atoms with van der Waals surface area (Å²) >= 11 is 1.43. The van der Waals surface area contributed by atoms with E-state index < -0.39 is 0 Å². The Labute approximate surface area is 105 Å². The average Bonchev–Trinajstić information content (AvgIpc) is 2.32. The number of carbonyl (C=O) groups excluding carboxylic acids is 1. The highest BCUT2D eigenvalue weighted by molar-refractivity contribution is 7.99. The van der Waals surface area contributed by atoms with Crippen molar-refractivity contribution in [3.05, 3.63) is 18.0 Å². The van der Waals surface area contributed by atoms with Crippen molar-refractivity contribution < 1.29 is 9.53 Å². The van der Waals surface area contributed by atoms with Crippen LogP contribution in [0.25, 0.3) is 0 Å². The number of carbonyl (C=O) groups is 1. The van der Waals surface area contributed by atoms with E-state index in [9.17, 15) is 4.79 Å². The molecule has 1 unspecified atom stereocenters. The molecule has 0 aliphatic heterocycles. The van der Waals surface area contributed by atoms with Crippen LogP contribution in [0.4, 0.5) is 0 Å². The SMILES string of the molecule is CCOC(=O)C(CSc1ncc(C)cn1)NC. The summed E-state index contributed by atoms with van der Waals surface area (Å²) in [5.74, 6) is 0.313. The lowest BCUT2D eigenvalue weighted by molar-refractivity contribution is -0.144. The molecule has 0 saturated heterocycles. The Bertz CT molecular complexity index is 356. The summed E-state index contributed by atoms with van der Waals surface area (Å²) in [6.45, 7) is 4.12. The molecule has 1 aromatic heterocycles. The van der Waals surface area contributed by atoms with E-state index in [1.54, 1.807) is 26.4 Å². The summed E-state index contributed by atoms with van der Waals surface area (Å²) < 4.78 is 4.95. The van der Waals surface area contributed by atoms with Crippen LogP contribution in [0.3, 0.4) is 0 Å². The molecule has 6 heteroatoms. The standard InChI is InChI=1S/C11H17N3O2S/c1-4-16-10(15)9(12-3)7-17-11-13-5-8(2)6-14-11/h5-6,9,12H,4,7H2,1-3H3. The number of aromatic nitrogens is 2. The molecule has 0 aliphatic carbocycles. The van der Waals surface area contributed by atoms with Crippen molar-refractivity contribution in [2.75, 3.05) is 19.4 Å². The Morgan fingerprint density at radius 2 is 2.18 bits per heavy atom. The summed E-state index contributed by atoms with van der Waals surface area (Å²) in [6.07, 6.45) is 3.52. The molecule has 0 radical (unpaired) electrons. The van der Waals surface area contributed by atoms with E-state index >= 15 is 0 Å². The van der Waals surface area contributed by atoms with Crippen LogP contribution in [-0.2, 0) is 9.53 Å². The molecular formula is C11H17N3O2S. The molecule has 1 rings (SSSR count). The Balaban J connectivity index is 2.47. The minimum Gasteiger partial charge on any atom is -0.465 e. The Morgan fingerprint density at radius 1 is 1.53 bits per heavy atom. The molecule has 0 bridgehead atoms. The number of hydrogen-bond acceptors (Lipinski definition) is 6. The van der Waals surface area contributed by atoms with E-state index in [2.05, 4.69) is 15.3 Å². The van der Waals surface area contributed by atoms with Crippen LogP contribution in [-0.4, -0.2) is 41.4 Å². The third kappa shape index (κ3) is 4.70. The predicted molar refractivity (Wildman–Crippen MR) is 67.0 cm³/mol. The number of rotatable bonds is 6. The maximum atomic E-state index is 11.5. The topological polar surface area (TPSA) is 64.1 Å². The van der Waals surface area contributed by atoms with Crippen LogP contribution in [0.2, 0.25) is 0 Å². The number of esters is 1. The first kappa shape index (κ1) is 13.9. The van der Waals surface area contributed by atoms with Crippen molar-refractivity contribution in [3.8, 4) is 0 Å². The molecular weight excluding hydrogens is 238 g/mol. The molecule has 0 saturated carbocycles. The first-order chi connectivity index (χ1) is 8.17. The Morgan fingerprint density at radius 3 is 2.71 bits per heavy atom. The lowest BCUT2D eigenvalue weighted by atomic mass is 10.3. The maximum Gasteiger partial charge on any atom is 0.323 e. The van der Waals surface area contributed by atoms with E-state index in [-0.39, 0.29) is 12.0 Å². The molecule has 1 aromatic rings. The fourth-order valence-corrected chi connectivity index (χ4v) is 2.00. The van der Waals surface area contributed by atoms with Gasteiger partial charge in [0.1, 0.15) is 6.04 Å². The van der Waals surface area contributed by atoms with Crippen LogP contribution in [0.5, 0.6) is 0 Å². The highest BCUT2D eigenvalue weighted by atomic mass is 32.2. The van der Waals surface area contributed by atoms with E-state index in [1.165, 1.54) is 11.8 Å². The molecule has 1 N–H and O–H groups in total. The molecule has 0 fully saturated rings. The summed E-state index contributed by atoms with van der Waals surface area (Å²) in [6, 6.07) is -0.329. The van der Waals surface area contributed by atoms with Crippen molar-refractivity contribution >= 4 is 17.7 Å². The lowest BCUT2D eigenvalue weighted by Crippen LogP contribution is -2.37. The van der Waals surface area contributed by atoms with Crippen molar-refractivity contribution in [1.29, 1.82) is 0 Å². The van der Waals surface area contributed by atoms with Gasteiger partial charge in [-0.3, -0.25) is 4.79 Å².